The smallest absolute Gasteiger partial charge is 0.0159 e. The lowest BCUT2D eigenvalue weighted by atomic mass is 9.79. The van der Waals surface area contributed by atoms with Gasteiger partial charge in [-0.3, -0.25) is 0 Å². The molecule has 13 rings (SSSR count). The Balaban J connectivity index is 0.763. The molecule has 0 heteroatoms. The second-order valence-corrected chi connectivity index (χ2v) is 20.9. The Bertz CT molecular complexity index is 3680. The Labute approximate surface area is 395 Å². The Kier molecular flexibility index (Phi) is 8.45. The van der Waals surface area contributed by atoms with Crippen LogP contribution in [0.4, 0.5) is 0 Å². The topological polar surface area (TPSA) is 0 Å². The zero-order valence-electron chi connectivity index (χ0n) is 39.1. The van der Waals surface area contributed by atoms with Gasteiger partial charge >= 0.3 is 0 Å². The van der Waals surface area contributed by atoms with E-state index in [-0.39, 0.29) is 16.2 Å². The van der Waals surface area contributed by atoms with E-state index < -0.39 is 0 Å². The first-order valence-electron chi connectivity index (χ1n) is 24.0. The van der Waals surface area contributed by atoms with Gasteiger partial charge in [0.25, 0.3) is 0 Å². The maximum Gasteiger partial charge on any atom is 0.0159 e. The second kappa shape index (κ2) is 14.2. The van der Waals surface area contributed by atoms with Crippen LogP contribution in [0.5, 0.6) is 0 Å². The van der Waals surface area contributed by atoms with E-state index >= 15 is 0 Å². The molecular formula is C67H52. The number of hydrogen-bond donors (Lipinski definition) is 0. The fourth-order valence-electron chi connectivity index (χ4n) is 12.3. The second-order valence-electron chi connectivity index (χ2n) is 20.9. The van der Waals surface area contributed by atoms with Gasteiger partial charge in [0, 0.05) is 16.2 Å². The van der Waals surface area contributed by atoms with Crippen LogP contribution in [-0.2, 0) is 16.2 Å². The highest BCUT2D eigenvalue weighted by Gasteiger charge is 2.39. The largest absolute Gasteiger partial charge is 0.0619 e. The third kappa shape index (κ3) is 5.92. The van der Waals surface area contributed by atoms with Crippen molar-refractivity contribution in [2.75, 3.05) is 0 Å². The molecule has 0 nitrogen and oxygen atoms in total. The fourth-order valence-corrected chi connectivity index (χ4v) is 12.3. The average Bonchev–Trinajstić information content (AvgIpc) is 3.84. The van der Waals surface area contributed by atoms with Crippen molar-refractivity contribution in [3.63, 3.8) is 0 Å². The monoisotopic (exact) mass is 856 g/mol. The molecule has 320 valence electrons. The highest BCUT2D eigenvalue weighted by molar-refractivity contribution is 5.97. The van der Waals surface area contributed by atoms with E-state index in [2.05, 4.69) is 248 Å². The Morgan fingerprint density at radius 3 is 0.940 bits per heavy atom. The summed E-state index contributed by atoms with van der Waals surface area (Å²) in [6, 6.07) is 78.0. The number of benzene rings is 10. The first-order chi connectivity index (χ1) is 32.4. The molecule has 3 aliphatic carbocycles. The molecule has 0 saturated carbocycles. The van der Waals surface area contributed by atoms with E-state index in [0.717, 1.165) is 0 Å². The van der Waals surface area contributed by atoms with Crippen molar-refractivity contribution >= 4 is 10.8 Å². The summed E-state index contributed by atoms with van der Waals surface area (Å²) in [4.78, 5) is 0. The fraction of sp³-hybridized carbons (Fsp3) is 0.134. The van der Waals surface area contributed by atoms with Crippen LogP contribution in [0.2, 0.25) is 0 Å². The van der Waals surface area contributed by atoms with E-state index in [4.69, 9.17) is 0 Å². The molecule has 0 N–H and O–H groups in total. The van der Waals surface area contributed by atoms with Gasteiger partial charge in [0.05, 0.1) is 0 Å². The molecule has 67 heavy (non-hydrogen) atoms. The van der Waals surface area contributed by atoms with Gasteiger partial charge in [-0.25, -0.2) is 0 Å². The summed E-state index contributed by atoms with van der Waals surface area (Å²) in [5, 5.41) is 2.56. The third-order valence-corrected chi connectivity index (χ3v) is 16.1. The standard InChI is InChI=1S/C67H52/c1-65(2)59-17-10-9-15-53(59)54-32-27-47(37-60(54)65)48-28-34-57-58-35-30-50(40-64(58)67(5,6)63(57)38-48)49-29-33-56-55-31-26-46(36-61(55)66(3,4)62(56)39-49)43-20-18-41(19-21-43)42-22-24-45(25-23-42)52-16-11-13-44-12-7-8-14-51(44)52/h7-40H,1-6H3. The molecule has 0 bridgehead atoms. The summed E-state index contributed by atoms with van der Waals surface area (Å²) in [6.45, 7) is 14.4. The van der Waals surface area contributed by atoms with Crippen LogP contribution in [0.25, 0.3) is 99.8 Å². The minimum absolute atomic E-state index is 0.0220. The van der Waals surface area contributed by atoms with Crippen molar-refractivity contribution in [3.8, 4) is 89.0 Å². The minimum atomic E-state index is -0.138. The summed E-state index contributed by atoms with van der Waals surface area (Å²) < 4.78 is 0. The quantitative estimate of drug-likeness (QED) is 0.162. The van der Waals surface area contributed by atoms with E-state index in [1.807, 2.05) is 0 Å². The van der Waals surface area contributed by atoms with Gasteiger partial charge in [0.15, 0.2) is 0 Å². The van der Waals surface area contributed by atoms with Crippen LogP contribution < -0.4 is 0 Å². The van der Waals surface area contributed by atoms with E-state index in [0.29, 0.717) is 0 Å². The molecule has 0 atom stereocenters. The molecule has 10 aromatic rings. The molecule has 0 unspecified atom stereocenters. The Morgan fingerprint density at radius 2 is 0.493 bits per heavy atom. The molecule has 0 amide bonds. The van der Waals surface area contributed by atoms with Crippen molar-refractivity contribution in [1.82, 2.24) is 0 Å². The molecule has 0 spiro atoms. The molecule has 0 aromatic heterocycles. The molecule has 0 aliphatic heterocycles. The summed E-state index contributed by atoms with van der Waals surface area (Å²) >= 11 is 0. The molecular weight excluding hydrogens is 805 g/mol. The summed E-state index contributed by atoms with van der Waals surface area (Å²) in [5.41, 5.74) is 28.9. The Morgan fingerprint density at radius 1 is 0.209 bits per heavy atom. The number of fused-ring (bicyclic) bond motifs is 10. The van der Waals surface area contributed by atoms with Crippen LogP contribution in [0, 0.1) is 0 Å². The maximum absolute atomic E-state index is 2.47. The van der Waals surface area contributed by atoms with E-state index in [9.17, 15) is 0 Å². The molecule has 0 heterocycles. The van der Waals surface area contributed by atoms with Gasteiger partial charge in [0.2, 0.25) is 0 Å². The first kappa shape index (κ1) is 39.8. The lowest BCUT2D eigenvalue weighted by Gasteiger charge is -2.24. The van der Waals surface area contributed by atoms with Crippen molar-refractivity contribution in [3.05, 3.63) is 240 Å². The first-order valence-corrected chi connectivity index (χ1v) is 24.0. The molecule has 3 aliphatic rings. The van der Waals surface area contributed by atoms with Crippen molar-refractivity contribution in [1.29, 1.82) is 0 Å². The molecule has 0 radical (unpaired) electrons. The van der Waals surface area contributed by atoms with Gasteiger partial charge in [0.1, 0.15) is 0 Å². The van der Waals surface area contributed by atoms with Gasteiger partial charge < -0.3 is 0 Å². The van der Waals surface area contributed by atoms with Crippen LogP contribution in [0.3, 0.4) is 0 Å². The predicted molar refractivity (Wildman–Crippen MR) is 284 cm³/mol. The maximum atomic E-state index is 2.47. The highest BCUT2D eigenvalue weighted by atomic mass is 14.4. The number of hydrogen-bond acceptors (Lipinski definition) is 0. The van der Waals surface area contributed by atoms with Gasteiger partial charge in [-0.2, -0.15) is 0 Å². The molecule has 10 aromatic carbocycles. The summed E-state index contributed by atoms with van der Waals surface area (Å²) in [5.74, 6) is 0. The molecule has 0 saturated heterocycles. The van der Waals surface area contributed by atoms with Crippen molar-refractivity contribution < 1.29 is 0 Å². The van der Waals surface area contributed by atoms with Crippen molar-refractivity contribution in [2.24, 2.45) is 0 Å². The third-order valence-electron chi connectivity index (χ3n) is 16.1. The van der Waals surface area contributed by atoms with Crippen LogP contribution in [0.15, 0.2) is 206 Å². The van der Waals surface area contributed by atoms with Crippen LogP contribution >= 0.6 is 0 Å². The van der Waals surface area contributed by atoms with Crippen LogP contribution in [-0.4, -0.2) is 0 Å². The molecule has 0 fully saturated rings. The summed E-state index contributed by atoms with van der Waals surface area (Å²) in [7, 11) is 0. The predicted octanol–water partition coefficient (Wildman–Crippen LogP) is 18.1. The lowest BCUT2D eigenvalue weighted by molar-refractivity contribution is 0.659. The van der Waals surface area contributed by atoms with E-state index in [1.54, 1.807) is 0 Å². The zero-order valence-corrected chi connectivity index (χ0v) is 39.1. The zero-order chi connectivity index (χ0) is 45.4. The average molecular weight is 857 g/mol. The van der Waals surface area contributed by atoms with Crippen molar-refractivity contribution in [2.45, 2.75) is 57.8 Å². The summed E-state index contributed by atoms with van der Waals surface area (Å²) in [6.07, 6.45) is 0. The van der Waals surface area contributed by atoms with E-state index in [1.165, 1.54) is 133 Å². The van der Waals surface area contributed by atoms with Gasteiger partial charge in [-0.1, -0.05) is 217 Å². The van der Waals surface area contributed by atoms with Crippen LogP contribution in [0.1, 0.15) is 74.9 Å². The number of rotatable bonds is 5. The normalized spacial score (nSPS) is 15.1. The van der Waals surface area contributed by atoms with Gasteiger partial charge in [-0.05, 0) is 164 Å². The SMILES string of the molecule is CC1(C)c2ccccc2-c2ccc(-c3ccc4c(c3)C(C)(C)c3cc(-c5ccc6c(c5)C(C)(C)c5cc(-c7ccc(-c8ccc(-c9cccc%10ccccc9%10)cc8)cc7)ccc5-6)ccc3-4)cc21. The highest BCUT2D eigenvalue weighted by Crippen LogP contribution is 2.54. The minimum Gasteiger partial charge on any atom is -0.0619 e. The Hall–Kier alpha value is -7.54. The van der Waals surface area contributed by atoms with Gasteiger partial charge in [-0.15, -0.1) is 0 Å². The lowest BCUT2D eigenvalue weighted by Crippen LogP contribution is -2.16.